The molecular weight excluding hydrogens is 398 g/mol. The van der Waals surface area contributed by atoms with Crippen LogP contribution in [-0.2, 0) is 26.0 Å². The Kier molecular flexibility index (Phi) is 5.52. The minimum Gasteiger partial charge on any atom is -0.508 e. The lowest BCUT2D eigenvalue weighted by Gasteiger charge is -2.15. The molecule has 0 atom stereocenters. The lowest BCUT2D eigenvalue weighted by Crippen LogP contribution is -2.33. The number of carbonyl (C=O) groups is 2. The van der Waals surface area contributed by atoms with Crippen molar-refractivity contribution >= 4 is 21.9 Å². The molecule has 29 heavy (non-hydrogen) atoms. The zero-order valence-corrected chi connectivity index (χ0v) is 17.0. The summed E-state index contributed by atoms with van der Waals surface area (Å²) in [5.74, 6) is -1.44. The number of esters is 1. The quantitative estimate of drug-likeness (QED) is 0.716. The number of rotatable bonds is 6. The number of amides is 1. The normalized spacial score (nSPS) is 14.8. The molecule has 1 amide bonds. The highest BCUT2D eigenvalue weighted by Gasteiger charge is 2.44. The fourth-order valence-electron chi connectivity index (χ4n) is 3.18. The summed E-state index contributed by atoms with van der Waals surface area (Å²) in [7, 11) is -2.76. The predicted molar refractivity (Wildman–Crippen MR) is 103 cm³/mol. The van der Waals surface area contributed by atoms with Gasteiger partial charge in [0.2, 0.25) is 0 Å². The van der Waals surface area contributed by atoms with E-state index >= 15 is 0 Å². The molecule has 1 heterocycles. The van der Waals surface area contributed by atoms with Gasteiger partial charge in [0.05, 0.1) is 19.1 Å². The van der Waals surface area contributed by atoms with E-state index < -0.39 is 28.6 Å². The van der Waals surface area contributed by atoms with E-state index in [9.17, 15) is 23.1 Å². The van der Waals surface area contributed by atoms with E-state index in [4.69, 9.17) is 9.47 Å². The Bertz CT molecular complexity index is 1080. The van der Waals surface area contributed by atoms with Crippen LogP contribution in [0.25, 0.3) is 0 Å². The van der Waals surface area contributed by atoms with Gasteiger partial charge in [0, 0.05) is 11.6 Å². The SMILES string of the molecule is COc1ccccc1CC(=O)OCN1C(=O)c2c(C(C)C)cc(O)cc2S1(=O)=O. The minimum absolute atomic E-state index is 0.00132. The fourth-order valence-corrected chi connectivity index (χ4v) is 4.65. The third-order valence-corrected chi connectivity index (χ3v) is 6.35. The molecular formula is C20H21NO7S. The van der Waals surface area contributed by atoms with Gasteiger partial charge < -0.3 is 14.6 Å². The third-order valence-electron chi connectivity index (χ3n) is 4.62. The second-order valence-electron chi connectivity index (χ2n) is 6.86. The molecule has 1 aliphatic heterocycles. The molecule has 0 unspecified atom stereocenters. The van der Waals surface area contributed by atoms with Gasteiger partial charge in [0.15, 0.2) is 6.73 Å². The van der Waals surface area contributed by atoms with E-state index in [1.165, 1.54) is 13.2 Å². The van der Waals surface area contributed by atoms with Crippen molar-refractivity contribution in [2.75, 3.05) is 13.8 Å². The monoisotopic (exact) mass is 419 g/mol. The molecule has 2 aromatic carbocycles. The average molecular weight is 419 g/mol. The number of fused-ring (bicyclic) bond motifs is 1. The van der Waals surface area contributed by atoms with E-state index in [-0.39, 0.29) is 28.5 Å². The summed E-state index contributed by atoms with van der Waals surface area (Å²) in [6.07, 6.45) is -0.142. The molecule has 1 aliphatic rings. The van der Waals surface area contributed by atoms with Crippen LogP contribution in [0.5, 0.6) is 11.5 Å². The Hall–Kier alpha value is -3.07. The number of phenols is 1. The largest absolute Gasteiger partial charge is 0.508 e. The van der Waals surface area contributed by atoms with Gasteiger partial charge in [-0.15, -0.1) is 0 Å². The number of benzene rings is 2. The van der Waals surface area contributed by atoms with Crippen molar-refractivity contribution in [3.63, 3.8) is 0 Å². The lowest BCUT2D eigenvalue weighted by atomic mass is 9.96. The summed E-state index contributed by atoms with van der Waals surface area (Å²) >= 11 is 0. The lowest BCUT2D eigenvalue weighted by molar-refractivity contribution is -0.144. The molecule has 0 saturated carbocycles. The van der Waals surface area contributed by atoms with Gasteiger partial charge in [0.1, 0.15) is 16.4 Å². The fraction of sp³-hybridized carbons (Fsp3) is 0.300. The number of sulfonamides is 1. The number of aromatic hydroxyl groups is 1. The maximum absolute atomic E-state index is 12.8. The smallest absolute Gasteiger partial charge is 0.312 e. The summed E-state index contributed by atoms with van der Waals surface area (Å²) in [4.78, 5) is 24.7. The maximum atomic E-state index is 12.8. The molecule has 0 bridgehead atoms. The van der Waals surface area contributed by atoms with Crippen LogP contribution in [0.15, 0.2) is 41.3 Å². The van der Waals surface area contributed by atoms with Gasteiger partial charge in [-0.1, -0.05) is 32.0 Å². The number of carbonyl (C=O) groups excluding carboxylic acids is 2. The van der Waals surface area contributed by atoms with Crippen molar-refractivity contribution in [2.24, 2.45) is 0 Å². The summed E-state index contributed by atoms with van der Waals surface area (Å²) in [6.45, 7) is 2.82. The first-order valence-electron chi connectivity index (χ1n) is 8.88. The molecule has 8 nitrogen and oxygen atoms in total. The standard InChI is InChI=1S/C20H21NO7S/c1-12(2)15-9-14(22)10-17-19(15)20(24)21(29(17,25)26)11-28-18(23)8-13-6-4-5-7-16(13)27-3/h4-7,9-10,12,22H,8,11H2,1-3H3. The Balaban J connectivity index is 1.81. The number of para-hydroxylation sites is 1. The summed E-state index contributed by atoms with van der Waals surface area (Å²) in [5, 5.41) is 9.87. The maximum Gasteiger partial charge on any atom is 0.312 e. The Labute approximate surface area is 168 Å². The second kappa shape index (κ2) is 7.75. The van der Waals surface area contributed by atoms with Gasteiger partial charge in [0.25, 0.3) is 15.9 Å². The topological polar surface area (TPSA) is 110 Å². The summed E-state index contributed by atoms with van der Waals surface area (Å²) in [5.41, 5.74) is 0.987. The van der Waals surface area contributed by atoms with Crippen molar-refractivity contribution in [3.8, 4) is 11.5 Å². The number of ether oxygens (including phenoxy) is 2. The van der Waals surface area contributed by atoms with Crippen LogP contribution in [0.2, 0.25) is 0 Å². The first kappa shape index (κ1) is 20.7. The van der Waals surface area contributed by atoms with Gasteiger partial charge in [-0.05, 0) is 23.6 Å². The average Bonchev–Trinajstić information content (AvgIpc) is 2.85. The van der Waals surface area contributed by atoms with E-state index in [1.807, 2.05) is 0 Å². The summed E-state index contributed by atoms with van der Waals surface area (Å²) < 4.78 is 36.3. The van der Waals surface area contributed by atoms with Crippen LogP contribution in [0, 0.1) is 0 Å². The number of methoxy groups -OCH3 is 1. The van der Waals surface area contributed by atoms with Crippen LogP contribution in [0.1, 0.15) is 41.3 Å². The van der Waals surface area contributed by atoms with Gasteiger partial charge >= 0.3 is 5.97 Å². The molecule has 154 valence electrons. The van der Waals surface area contributed by atoms with Crippen LogP contribution in [0.3, 0.4) is 0 Å². The highest BCUT2D eigenvalue weighted by Crippen LogP contribution is 2.38. The van der Waals surface area contributed by atoms with E-state index in [0.29, 0.717) is 21.2 Å². The predicted octanol–water partition coefficient (Wildman–Crippen LogP) is 2.41. The molecule has 9 heteroatoms. The van der Waals surface area contributed by atoms with Crippen LogP contribution >= 0.6 is 0 Å². The Morgan fingerprint density at radius 1 is 1.21 bits per heavy atom. The van der Waals surface area contributed by atoms with Crippen molar-refractivity contribution in [1.82, 2.24) is 4.31 Å². The zero-order valence-electron chi connectivity index (χ0n) is 16.2. The molecule has 3 rings (SSSR count). The number of phenolic OH excluding ortho intramolecular Hbond substituents is 1. The minimum atomic E-state index is -4.23. The van der Waals surface area contributed by atoms with Crippen molar-refractivity contribution in [3.05, 3.63) is 53.1 Å². The summed E-state index contributed by atoms with van der Waals surface area (Å²) in [6, 6.07) is 9.26. The van der Waals surface area contributed by atoms with E-state index in [1.54, 1.807) is 38.1 Å². The second-order valence-corrected chi connectivity index (χ2v) is 8.69. The van der Waals surface area contributed by atoms with Crippen molar-refractivity contribution < 1.29 is 32.6 Å². The highest BCUT2D eigenvalue weighted by molar-refractivity contribution is 7.90. The number of hydrogen-bond acceptors (Lipinski definition) is 7. The molecule has 0 aliphatic carbocycles. The van der Waals surface area contributed by atoms with Crippen molar-refractivity contribution in [1.29, 1.82) is 0 Å². The third kappa shape index (κ3) is 3.77. The molecule has 0 aromatic heterocycles. The number of hydrogen-bond donors (Lipinski definition) is 1. The van der Waals surface area contributed by atoms with Gasteiger partial charge in [-0.25, -0.2) is 8.42 Å². The molecule has 1 N–H and O–H groups in total. The van der Waals surface area contributed by atoms with Crippen LogP contribution < -0.4 is 4.74 Å². The van der Waals surface area contributed by atoms with Crippen molar-refractivity contribution in [2.45, 2.75) is 31.1 Å². The Morgan fingerprint density at radius 2 is 1.90 bits per heavy atom. The molecule has 0 saturated heterocycles. The van der Waals surface area contributed by atoms with Crippen LogP contribution in [-0.4, -0.2) is 43.5 Å². The first-order chi connectivity index (χ1) is 13.7. The van der Waals surface area contributed by atoms with Crippen LogP contribution in [0.4, 0.5) is 0 Å². The molecule has 0 spiro atoms. The molecule has 0 fully saturated rings. The molecule has 2 aromatic rings. The van der Waals surface area contributed by atoms with E-state index in [2.05, 4.69) is 0 Å². The highest BCUT2D eigenvalue weighted by atomic mass is 32.2. The zero-order chi connectivity index (χ0) is 21.3. The van der Waals surface area contributed by atoms with Gasteiger partial charge in [-0.2, -0.15) is 4.31 Å². The Morgan fingerprint density at radius 3 is 2.55 bits per heavy atom. The van der Waals surface area contributed by atoms with E-state index in [0.717, 1.165) is 6.07 Å². The first-order valence-corrected chi connectivity index (χ1v) is 10.3. The van der Waals surface area contributed by atoms with Gasteiger partial charge in [-0.3, -0.25) is 9.59 Å². The molecule has 0 radical (unpaired) electrons. The number of nitrogens with zero attached hydrogens (tertiary/aromatic N) is 1.